The van der Waals surface area contributed by atoms with Crippen molar-refractivity contribution in [2.45, 2.75) is 6.92 Å². The average molecular weight is 240 g/mol. The molecule has 3 aromatic rings. The van der Waals surface area contributed by atoms with Crippen LogP contribution in [0.1, 0.15) is 5.56 Å². The number of aromatic nitrogens is 3. The maximum atomic E-state index is 5.72. The first-order valence-electron chi connectivity index (χ1n) is 5.55. The van der Waals surface area contributed by atoms with Gasteiger partial charge >= 0.3 is 0 Å². The van der Waals surface area contributed by atoms with Gasteiger partial charge in [-0.3, -0.25) is 4.40 Å². The molecule has 0 amide bonds. The number of aryl methyl sites for hydroxylation is 1. The summed E-state index contributed by atoms with van der Waals surface area (Å²) >= 11 is 0. The zero-order chi connectivity index (χ0) is 12.5. The van der Waals surface area contributed by atoms with E-state index in [1.807, 2.05) is 29.7 Å². The maximum Gasteiger partial charge on any atom is 0.224 e. The molecule has 0 fully saturated rings. The number of anilines is 1. The van der Waals surface area contributed by atoms with E-state index in [4.69, 9.17) is 10.5 Å². The number of nitrogen functional groups attached to an aromatic ring is 1. The Morgan fingerprint density at radius 1 is 1.22 bits per heavy atom. The number of nitrogens with zero attached hydrogens (tertiary/aromatic N) is 3. The molecule has 2 aromatic heterocycles. The van der Waals surface area contributed by atoms with E-state index >= 15 is 0 Å². The van der Waals surface area contributed by atoms with Crippen molar-refractivity contribution < 1.29 is 4.74 Å². The monoisotopic (exact) mass is 240 g/mol. The molecule has 90 valence electrons. The van der Waals surface area contributed by atoms with Crippen molar-refractivity contribution in [3.8, 4) is 11.6 Å². The number of benzene rings is 1. The molecule has 0 aliphatic carbocycles. The van der Waals surface area contributed by atoms with Gasteiger partial charge in [-0.25, -0.2) is 9.97 Å². The number of nitrogens with two attached hydrogens (primary N) is 1. The summed E-state index contributed by atoms with van der Waals surface area (Å²) in [5, 5.41) is 0. The van der Waals surface area contributed by atoms with Crippen molar-refractivity contribution in [1.82, 2.24) is 14.4 Å². The minimum Gasteiger partial charge on any atom is -0.439 e. The number of fused-ring (bicyclic) bond motifs is 1. The van der Waals surface area contributed by atoms with E-state index in [0.29, 0.717) is 5.88 Å². The predicted molar refractivity (Wildman–Crippen MR) is 68.7 cm³/mol. The lowest BCUT2D eigenvalue weighted by Crippen LogP contribution is -1.94. The van der Waals surface area contributed by atoms with Gasteiger partial charge in [-0.1, -0.05) is 0 Å². The first kappa shape index (κ1) is 10.6. The minimum absolute atomic E-state index is 0.515. The second kappa shape index (κ2) is 4.03. The van der Waals surface area contributed by atoms with Crippen LogP contribution in [-0.4, -0.2) is 14.4 Å². The summed E-state index contributed by atoms with van der Waals surface area (Å²) in [5.41, 5.74) is 8.19. The molecule has 5 heteroatoms. The van der Waals surface area contributed by atoms with Crippen molar-refractivity contribution in [2.75, 3.05) is 5.73 Å². The quantitative estimate of drug-likeness (QED) is 0.698. The lowest BCUT2D eigenvalue weighted by molar-refractivity contribution is 0.458. The first-order valence-corrected chi connectivity index (χ1v) is 5.55. The lowest BCUT2D eigenvalue weighted by atomic mass is 10.2. The second-order valence-electron chi connectivity index (χ2n) is 4.05. The standard InChI is InChI=1S/C13H12N4O/c1-9-6-10(14)2-3-11(9)18-13-7-12-15-4-5-17(12)8-16-13/h2-8H,14H2,1H3. The molecule has 0 bridgehead atoms. The Bertz CT molecular complexity index is 705. The van der Waals surface area contributed by atoms with Gasteiger partial charge in [-0.2, -0.15) is 0 Å². The molecule has 0 aliphatic rings. The van der Waals surface area contributed by atoms with Gasteiger partial charge in [0, 0.05) is 24.1 Å². The van der Waals surface area contributed by atoms with Crippen LogP contribution >= 0.6 is 0 Å². The molecule has 3 rings (SSSR count). The Balaban J connectivity index is 1.95. The number of hydrogen-bond acceptors (Lipinski definition) is 4. The van der Waals surface area contributed by atoms with Crippen molar-refractivity contribution in [2.24, 2.45) is 0 Å². The summed E-state index contributed by atoms with van der Waals surface area (Å²) in [6, 6.07) is 7.29. The number of hydrogen-bond donors (Lipinski definition) is 1. The van der Waals surface area contributed by atoms with Crippen LogP contribution in [0.3, 0.4) is 0 Å². The van der Waals surface area contributed by atoms with Gasteiger partial charge in [0.15, 0.2) is 0 Å². The molecule has 1 aromatic carbocycles. The molecule has 0 saturated carbocycles. The Morgan fingerprint density at radius 2 is 2.11 bits per heavy atom. The van der Waals surface area contributed by atoms with Crippen molar-refractivity contribution >= 4 is 11.3 Å². The Morgan fingerprint density at radius 3 is 2.94 bits per heavy atom. The van der Waals surface area contributed by atoms with Crippen molar-refractivity contribution in [3.05, 3.63) is 48.5 Å². The fraction of sp³-hybridized carbons (Fsp3) is 0.0769. The van der Waals surface area contributed by atoms with E-state index in [1.54, 1.807) is 24.7 Å². The highest BCUT2D eigenvalue weighted by Crippen LogP contribution is 2.25. The molecule has 0 saturated heterocycles. The SMILES string of the molecule is Cc1cc(N)ccc1Oc1cc2nccn2cn1. The summed E-state index contributed by atoms with van der Waals surface area (Å²) < 4.78 is 7.54. The van der Waals surface area contributed by atoms with Gasteiger partial charge < -0.3 is 10.5 Å². The maximum absolute atomic E-state index is 5.72. The van der Waals surface area contributed by atoms with E-state index in [2.05, 4.69) is 9.97 Å². The van der Waals surface area contributed by atoms with E-state index in [1.165, 1.54) is 0 Å². The smallest absolute Gasteiger partial charge is 0.224 e. The molecule has 0 atom stereocenters. The predicted octanol–water partition coefficient (Wildman–Crippen LogP) is 2.41. The van der Waals surface area contributed by atoms with Gasteiger partial charge in [0.2, 0.25) is 5.88 Å². The van der Waals surface area contributed by atoms with Crippen LogP contribution in [0.5, 0.6) is 11.6 Å². The average Bonchev–Trinajstić information content (AvgIpc) is 2.80. The minimum atomic E-state index is 0.515. The van der Waals surface area contributed by atoms with Crippen molar-refractivity contribution in [1.29, 1.82) is 0 Å². The normalized spacial score (nSPS) is 10.7. The van der Waals surface area contributed by atoms with Gasteiger partial charge in [0.25, 0.3) is 0 Å². The second-order valence-corrected chi connectivity index (χ2v) is 4.05. The summed E-state index contributed by atoms with van der Waals surface area (Å²) in [4.78, 5) is 8.39. The van der Waals surface area contributed by atoms with Gasteiger partial charge in [0.05, 0.1) is 0 Å². The summed E-state index contributed by atoms with van der Waals surface area (Å²) in [5.74, 6) is 1.26. The van der Waals surface area contributed by atoms with Crippen LogP contribution in [-0.2, 0) is 0 Å². The molecular weight excluding hydrogens is 228 g/mol. The Hall–Kier alpha value is -2.56. The highest BCUT2D eigenvalue weighted by Gasteiger charge is 2.04. The molecular formula is C13H12N4O. The third-order valence-electron chi connectivity index (χ3n) is 2.67. The van der Waals surface area contributed by atoms with Crippen LogP contribution < -0.4 is 10.5 Å². The van der Waals surface area contributed by atoms with Crippen LogP contribution in [0.15, 0.2) is 43.0 Å². The van der Waals surface area contributed by atoms with Crippen LogP contribution in [0.2, 0.25) is 0 Å². The number of imidazole rings is 1. The third kappa shape index (κ3) is 1.86. The topological polar surface area (TPSA) is 65.4 Å². The van der Waals surface area contributed by atoms with Crippen LogP contribution in [0.4, 0.5) is 5.69 Å². The van der Waals surface area contributed by atoms with Gasteiger partial charge in [-0.05, 0) is 30.7 Å². The molecule has 0 unspecified atom stereocenters. The lowest BCUT2D eigenvalue weighted by Gasteiger charge is -2.08. The van der Waals surface area contributed by atoms with E-state index in [9.17, 15) is 0 Å². The fourth-order valence-electron chi connectivity index (χ4n) is 1.76. The van der Waals surface area contributed by atoms with Crippen molar-refractivity contribution in [3.63, 3.8) is 0 Å². The molecule has 2 heterocycles. The molecule has 2 N–H and O–H groups in total. The zero-order valence-electron chi connectivity index (χ0n) is 9.87. The number of rotatable bonds is 2. The Labute approximate surface area is 104 Å². The molecule has 0 aliphatic heterocycles. The molecule has 18 heavy (non-hydrogen) atoms. The largest absolute Gasteiger partial charge is 0.439 e. The zero-order valence-corrected chi connectivity index (χ0v) is 9.87. The van der Waals surface area contributed by atoms with E-state index < -0.39 is 0 Å². The highest BCUT2D eigenvalue weighted by molar-refractivity contribution is 5.49. The van der Waals surface area contributed by atoms with E-state index in [-0.39, 0.29) is 0 Å². The highest BCUT2D eigenvalue weighted by atomic mass is 16.5. The van der Waals surface area contributed by atoms with Crippen LogP contribution in [0, 0.1) is 6.92 Å². The Kier molecular flexibility index (Phi) is 2.37. The summed E-state index contributed by atoms with van der Waals surface area (Å²) in [6.07, 6.45) is 5.22. The van der Waals surface area contributed by atoms with Gasteiger partial charge in [0.1, 0.15) is 17.7 Å². The summed E-state index contributed by atoms with van der Waals surface area (Å²) in [6.45, 7) is 1.94. The third-order valence-corrected chi connectivity index (χ3v) is 2.67. The summed E-state index contributed by atoms with van der Waals surface area (Å²) in [7, 11) is 0. The van der Waals surface area contributed by atoms with Crippen LogP contribution in [0.25, 0.3) is 5.65 Å². The number of ether oxygens (including phenoxy) is 1. The van der Waals surface area contributed by atoms with Gasteiger partial charge in [-0.15, -0.1) is 0 Å². The fourth-order valence-corrected chi connectivity index (χ4v) is 1.76. The van der Waals surface area contributed by atoms with E-state index in [0.717, 1.165) is 22.6 Å². The molecule has 0 radical (unpaired) electrons. The first-order chi connectivity index (χ1) is 8.72. The molecule has 5 nitrogen and oxygen atoms in total. The molecule has 0 spiro atoms.